The van der Waals surface area contributed by atoms with Gasteiger partial charge >= 0.3 is 5.97 Å². The zero-order valence-electron chi connectivity index (χ0n) is 10.6. The number of hydrogen-bond acceptors (Lipinski definition) is 4. The Morgan fingerprint density at radius 2 is 2.10 bits per heavy atom. The highest BCUT2D eigenvalue weighted by atomic mass is 127. The first-order chi connectivity index (χ1) is 9.86. The Morgan fingerprint density at radius 3 is 2.67 bits per heavy atom. The number of rotatable bonds is 2. The van der Waals surface area contributed by atoms with Crippen LogP contribution in [0.25, 0.3) is 11.3 Å². The molecule has 0 amide bonds. The average molecular weight is 425 g/mol. The molecule has 0 bridgehead atoms. The predicted molar refractivity (Wildman–Crippen MR) is 83.1 cm³/mol. The maximum Gasteiger partial charge on any atom is 0.358 e. The van der Waals surface area contributed by atoms with E-state index in [0.717, 1.165) is 13.2 Å². The minimum absolute atomic E-state index is 0.138. The number of anilines is 1. The summed E-state index contributed by atoms with van der Waals surface area (Å²) >= 11 is 7.58. The summed E-state index contributed by atoms with van der Waals surface area (Å²) in [6.07, 6.45) is 0. The molecule has 0 unspecified atom stereocenters. The number of carbonyl (C=O) groups is 1. The quantitative estimate of drug-likeness (QED) is 0.590. The number of pyridine rings is 1. The Kier molecular flexibility index (Phi) is 4.62. The van der Waals surface area contributed by atoms with Crippen LogP contribution in [0, 0.1) is 15.2 Å². The van der Waals surface area contributed by atoms with Gasteiger partial charge in [0.05, 0.1) is 17.8 Å². The fraction of sp³-hybridized carbons (Fsp3) is 0.0769. The second kappa shape index (κ2) is 6.10. The van der Waals surface area contributed by atoms with Crippen molar-refractivity contribution in [3.63, 3.8) is 0 Å². The highest BCUT2D eigenvalue weighted by molar-refractivity contribution is 14.1. The summed E-state index contributed by atoms with van der Waals surface area (Å²) in [6, 6.07) is 4.02. The van der Waals surface area contributed by atoms with Crippen molar-refractivity contribution in [1.82, 2.24) is 4.98 Å². The van der Waals surface area contributed by atoms with E-state index in [0.29, 0.717) is 3.57 Å². The molecule has 0 saturated carbocycles. The molecule has 2 N–H and O–H groups in total. The maximum atomic E-state index is 14.2. The third-order valence-corrected chi connectivity index (χ3v) is 3.94. The predicted octanol–water partition coefficient (Wildman–Crippen LogP) is 3.65. The highest BCUT2D eigenvalue weighted by Crippen LogP contribution is 2.33. The van der Waals surface area contributed by atoms with Crippen LogP contribution in [0.3, 0.4) is 0 Å². The Hall–Kier alpha value is -1.48. The molecule has 0 atom stereocenters. The molecule has 0 spiro atoms. The van der Waals surface area contributed by atoms with Crippen LogP contribution in [0.1, 0.15) is 10.5 Å². The summed E-state index contributed by atoms with van der Waals surface area (Å²) in [5, 5.41) is -0.339. The molecular weight excluding hydrogens is 417 g/mol. The van der Waals surface area contributed by atoms with Crippen molar-refractivity contribution in [3.8, 4) is 11.3 Å². The molecule has 0 radical (unpaired) electrons. The Bertz CT molecular complexity index is 741. The maximum absolute atomic E-state index is 14.2. The summed E-state index contributed by atoms with van der Waals surface area (Å²) in [7, 11) is 1.13. The lowest BCUT2D eigenvalue weighted by Gasteiger charge is -2.10. The van der Waals surface area contributed by atoms with Crippen LogP contribution < -0.4 is 5.73 Å². The van der Waals surface area contributed by atoms with E-state index < -0.39 is 23.3 Å². The summed E-state index contributed by atoms with van der Waals surface area (Å²) in [4.78, 5) is 15.4. The van der Waals surface area contributed by atoms with Gasteiger partial charge in [-0.2, -0.15) is 0 Å². The van der Waals surface area contributed by atoms with Gasteiger partial charge in [0.25, 0.3) is 0 Å². The van der Waals surface area contributed by atoms with Crippen LogP contribution in [0.4, 0.5) is 14.5 Å². The van der Waals surface area contributed by atoms with Crippen molar-refractivity contribution in [2.24, 2.45) is 0 Å². The van der Waals surface area contributed by atoms with E-state index in [1.165, 1.54) is 12.1 Å². The van der Waals surface area contributed by atoms with E-state index in [9.17, 15) is 13.6 Å². The first-order valence-electron chi connectivity index (χ1n) is 5.55. The first-order valence-corrected chi connectivity index (χ1v) is 7.00. The van der Waals surface area contributed by atoms with E-state index in [1.807, 2.05) is 0 Å². The molecule has 0 aliphatic rings. The van der Waals surface area contributed by atoms with E-state index >= 15 is 0 Å². The van der Waals surface area contributed by atoms with Crippen molar-refractivity contribution in [3.05, 3.63) is 44.1 Å². The van der Waals surface area contributed by atoms with Crippen molar-refractivity contribution < 1.29 is 18.3 Å². The number of ether oxygens (including phenoxy) is 1. The summed E-state index contributed by atoms with van der Waals surface area (Å²) in [5.41, 5.74) is 4.63. The zero-order chi connectivity index (χ0) is 15.7. The minimum atomic E-state index is -0.923. The summed E-state index contributed by atoms with van der Waals surface area (Å²) in [5.74, 6) is -2.32. The lowest BCUT2D eigenvalue weighted by atomic mass is 10.1. The lowest BCUT2D eigenvalue weighted by Crippen LogP contribution is -2.10. The van der Waals surface area contributed by atoms with Gasteiger partial charge in [-0.1, -0.05) is 17.7 Å². The molecule has 4 nitrogen and oxygen atoms in total. The molecule has 0 fully saturated rings. The molecule has 2 rings (SSSR count). The molecule has 0 aliphatic carbocycles. The average Bonchev–Trinajstić information content (AvgIpc) is 2.47. The Morgan fingerprint density at radius 1 is 1.43 bits per heavy atom. The number of halogens is 4. The van der Waals surface area contributed by atoms with E-state index in [1.54, 1.807) is 22.6 Å². The second-order valence-corrected chi connectivity index (χ2v) is 5.51. The highest BCUT2D eigenvalue weighted by Gasteiger charge is 2.23. The normalized spacial score (nSPS) is 10.5. The van der Waals surface area contributed by atoms with Crippen LogP contribution >= 0.6 is 34.2 Å². The summed E-state index contributed by atoms with van der Waals surface area (Å²) < 4.78 is 32.6. The number of benzene rings is 1. The molecule has 0 saturated heterocycles. The third-order valence-electron chi connectivity index (χ3n) is 2.68. The Balaban J connectivity index is 2.71. The zero-order valence-corrected chi connectivity index (χ0v) is 13.5. The van der Waals surface area contributed by atoms with Crippen LogP contribution in [0.15, 0.2) is 18.2 Å². The standard InChI is InChI=1S/C13H8ClF2IN2O2/c1-21-13(20)12-8(14)10(18)9(16)11(19-12)5-2-3-7(17)6(15)4-5/h2-4H,1H3,(H2,18,19). The molecule has 21 heavy (non-hydrogen) atoms. The SMILES string of the molecule is COC(=O)c1nc(-c2ccc(I)c(F)c2)c(F)c(N)c1Cl. The minimum Gasteiger partial charge on any atom is -0.464 e. The fourth-order valence-corrected chi connectivity index (χ4v) is 2.17. The van der Waals surface area contributed by atoms with Crippen molar-refractivity contribution in [1.29, 1.82) is 0 Å². The van der Waals surface area contributed by atoms with Crippen LogP contribution in [0.2, 0.25) is 5.02 Å². The molecule has 1 aromatic carbocycles. The number of methoxy groups -OCH3 is 1. The van der Waals surface area contributed by atoms with Crippen LogP contribution in [-0.2, 0) is 4.74 Å². The van der Waals surface area contributed by atoms with E-state index in [-0.39, 0.29) is 22.0 Å². The third kappa shape index (κ3) is 2.93. The smallest absolute Gasteiger partial charge is 0.358 e. The second-order valence-electron chi connectivity index (χ2n) is 3.97. The lowest BCUT2D eigenvalue weighted by molar-refractivity contribution is 0.0594. The van der Waals surface area contributed by atoms with E-state index in [4.69, 9.17) is 17.3 Å². The number of nitrogen functional groups attached to an aromatic ring is 1. The number of nitrogens with two attached hydrogens (primary N) is 1. The molecule has 1 aromatic heterocycles. The van der Waals surface area contributed by atoms with Gasteiger partial charge in [-0.25, -0.2) is 18.6 Å². The van der Waals surface area contributed by atoms with E-state index in [2.05, 4.69) is 9.72 Å². The van der Waals surface area contributed by atoms with Crippen molar-refractivity contribution in [2.75, 3.05) is 12.8 Å². The van der Waals surface area contributed by atoms with Gasteiger partial charge < -0.3 is 10.5 Å². The Labute approximate surface area is 137 Å². The number of aromatic nitrogens is 1. The van der Waals surface area contributed by atoms with Gasteiger partial charge in [0.2, 0.25) is 0 Å². The molecular formula is C13H8ClF2IN2O2. The van der Waals surface area contributed by atoms with Crippen LogP contribution in [-0.4, -0.2) is 18.1 Å². The monoisotopic (exact) mass is 424 g/mol. The topological polar surface area (TPSA) is 65.2 Å². The van der Waals surface area contributed by atoms with Crippen LogP contribution in [0.5, 0.6) is 0 Å². The number of esters is 1. The molecule has 110 valence electrons. The van der Waals surface area contributed by atoms with Crippen molar-refractivity contribution in [2.45, 2.75) is 0 Å². The van der Waals surface area contributed by atoms with Gasteiger partial charge in [0.1, 0.15) is 11.5 Å². The largest absolute Gasteiger partial charge is 0.464 e. The summed E-state index contributed by atoms with van der Waals surface area (Å²) in [6.45, 7) is 0. The number of hydrogen-bond donors (Lipinski definition) is 1. The van der Waals surface area contributed by atoms with Gasteiger partial charge in [-0.3, -0.25) is 0 Å². The first kappa shape index (κ1) is 15.9. The number of carbonyl (C=O) groups excluding carboxylic acids is 1. The molecule has 2 aromatic rings. The fourth-order valence-electron chi connectivity index (χ4n) is 1.63. The molecule has 8 heteroatoms. The molecule has 0 aliphatic heterocycles. The van der Waals surface area contributed by atoms with Gasteiger partial charge in [-0.15, -0.1) is 0 Å². The van der Waals surface area contributed by atoms with Gasteiger partial charge in [0, 0.05) is 9.13 Å². The van der Waals surface area contributed by atoms with Gasteiger partial charge in [-0.05, 0) is 34.7 Å². The number of nitrogens with zero attached hydrogens (tertiary/aromatic N) is 1. The van der Waals surface area contributed by atoms with Crippen molar-refractivity contribution >= 4 is 45.8 Å². The molecule has 1 heterocycles. The van der Waals surface area contributed by atoms with Gasteiger partial charge in [0.15, 0.2) is 11.5 Å².